The van der Waals surface area contributed by atoms with E-state index < -0.39 is 9.84 Å². The minimum atomic E-state index is -2.92. The zero-order valence-electron chi connectivity index (χ0n) is 13.9. The fraction of sp³-hybridized carbons (Fsp3) is 1.00. The molecule has 0 aromatic heterocycles. The fourth-order valence-corrected chi connectivity index (χ4v) is 4.43. The number of rotatable bonds is 5. The van der Waals surface area contributed by atoms with E-state index in [9.17, 15) is 8.42 Å². The standard InChI is InChI=1S/C16H33NO2S/c1-12(2)20(18,19)9-8-13-10-15(16(3,4)5)7-6-14(13)11-17/h12-15H,6-11,17H2,1-5H3. The average Bonchev–Trinajstić information content (AvgIpc) is 2.34. The lowest BCUT2D eigenvalue weighted by Gasteiger charge is -2.41. The molecule has 0 saturated heterocycles. The van der Waals surface area contributed by atoms with Crippen molar-refractivity contribution in [2.24, 2.45) is 28.9 Å². The summed E-state index contributed by atoms with van der Waals surface area (Å²) in [7, 11) is -2.92. The minimum absolute atomic E-state index is 0.263. The van der Waals surface area contributed by atoms with Crippen LogP contribution in [0.3, 0.4) is 0 Å². The molecule has 1 rings (SSSR count). The van der Waals surface area contributed by atoms with Gasteiger partial charge in [0.2, 0.25) is 0 Å². The van der Waals surface area contributed by atoms with Crippen molar-refractivity contribution in [1.82, 2.24) is 0 Å². The van der Waals surface area contributed by atoms with Gasteiger partial charge in [-0.15, -0.1) is 0 Å². The summed E-state index contributed by atoms with van der Waals surface area (Å²) < 4.78 is 24.0. The van der Waals surface area contributed by atoms with Gasteiger partial charge in [0.05, 0.1) is 11.0 Å². The van der Waals surface area contributed by atoms with Crippen molar-refractivity contribution in [3.05, 3.63) is 0 Å². The smallest absolute Gasteiger partial charge is 0.152 e. The summed E-state index contributed by atoms with van der Waals surface area (Å²) >= 11 is 0. The molecule has 1 aliphatic rings. The molecule has 2 N–H and O–H groups in total. The van der Waals surface area contributed by atoms with Gasteiger partial charge >= 0.3 is 0 Å². The highest BCUT2D eigenvalue weighted by molar-refractivity contribution is 7.91. The van der Waals surface area contributed by atoms with Crippen LogP contribution in [-0.4, -0.2) is 26.0 Å². The Morgan fingerprint density at radius 3 is 2.20 bits per heavy atom. The van der Waals surface area contributed by atoms with Gasteiger partial charge in [-0.25, -0.2) is 8.42 Å². The first-order chi connectivity index (χ1) is 9.08. The van der Waals surface area contributed by atoms with Crippen molar-refractivity contribution in [3.63, 3.8) is 0 Å². The number of nitrogens with two attached hydrogens (primary N) is 1. The summed E-state index contributed by atoms with van der Waals surface area (Å²) in [6.07, 6.45) is 4.32. The third-order valence-electron chi connectivity index (χ3n) is 5.16. The van der Waals surface area contributed by atoms with Gasteiger partial charge in [0.25, 0.3) is 0 Å². The first-order valence-corrected chi connectivity index (χ1v) is 9.71. The summed E-state index contributed by atoms with van der Waals surface area (Å²) in [4.78, 5) is 0. The van der Waals surface area contributed by atoms with Crippen LogP contribution in [0, 0.1) is 23.2 Å². The zero-order chi connectivity index (χ0) is 15.6. The summed E-state index contributed by atoms with van der Waals surface area (Å²) in [5.41, 5.74) is 6.21. The van der Waals surface area contributed by atoms with Gasteiger partial charge in [-0.3, -0.25) is 0 Å². The van der Waals surface area contributed by atoms with Gasteiger partial charge in [0.1, 0.15) is 0 Å². The van der Waals surface area contributed by atoms with Crippen LogP contribution in [0.1, 0.15) is 60.3 Å². The van der Waals surface area contributed by atoms with Gasteiger partial charge in [-0.05, 0) is 69.2 Å². The van der Waals surface area contributed by atoms with Crippen LogP contribution in [0.15, 0.2) is 0 Å². The molecule has 0 aliphatic heterocycles. The Morgan fingerprint density at radius 1 is 1.15 bits per heavy atom. The Bertz CT molecular complexity index is 395. The predicted octanol–water partition coefficient (Wildman–Crippen LogP) is 3.24. The summed E-state index contributed by atoms with van der Waals surface area (Å²) in [5, 5.41) is -0.263. The van der Waals surface area contributed by atoms with Crippen LogP contribution in [0.25, 0.3) is 0 Å². The molecule has 1 aliphatic carbocycles. The van der Waals surface area contributed by atoms with Crippen molar-refractivity contribution in [2.75, 3.05) is 12.3 Å². The molecular weight excluding hydrogens is 270 g/mol. The average molecular weight is 304 g/mol. The molecule has 120 valence electrons. The molecule has 0 heterocycles. The van der Waals surface area contributed by atoms with Gasteiger partial charge in [-0.1, -0.05) is 20.8 Å². The molecule has 3 atom stereocenters. The Labute approximate surface area is 125 Å². The van der Waals surface area contributed by atoms with E-state index in [1.807, 2.05) is 0 Å². The molecule has 0 bridgehead atoms. The van der Waals surface area contributed by atoms with E-state index >= 15 is 0 Å². The largest absolute Gasteiger partial charge is 0.330 e. The van der Waals surface area contributed by atoms with Gasteiger partial charge in [0.15, 0.2) is 9.84 Å². The maximum Gasteiger partial charge on any atom is 0.152 e. The normalized spacial score (nSPS) is 28.9. The predicted molar refractivity (Wildman–Crippen MR) is 86.4 cm³/mol. The SMILES string of the molecule is CC(C)S(=O)(=O)CCC1CC(C(C)(C)C)CCC1CN. The molecule has 0 aromatic rings. The van der Waals surface area contributed by atoms with E-state index in [1.165, 1.54) is 6.42 Å². The first-order valence-electron chi connectivity index (χ1n) is 7.99. The lowest BCUT2D eigenvalue weighted by Crippen LogP contribution is -2.36. The third kappa shape index (κ3) is 4.73. The van der Waals surface area contributed by atoms with E-state index in [0.717, 1.165) is 19.3 Å². The zero-order valence-corrected chi connectivity index (χ0v) is 14.7. The van der Waals surface area contributed by atoms with Crippen molar-refractivity contribution < 1.29 is 8.42 Å². The Hall–Kier alpha value is -0.0900. The molecule has 20 heavy (non-hydrogen) atoms. The first kappa shape index (κ1) is 18.0. The van der Waals surface area contributed by atoms with Gasteiger partial charge < -0.3 is 5.73 Å². The number of hydrogen-bond donors (Lipinski definition) is 1. The quantitative estimate of drug-likeness (QED) is 0.848. The molecule has 0 spiro atoms. The van der Waals surface area contributed by atoms with Crippen LogP contribution >= 0.6 is 0 Å². The van der Waals surface area contributed by atoms with E-state index in [2.05, 4.69) is 20.8 Å². The highest BCUT2D eigenvalue weighted by atomic mass is 32.2. The van der Waals surface area contributed by atoms with E-state index in [4.69, 9.17) is 5.73 Å². The monoisotopic (exact) mass is 303 g/mol. The van der Waals surface area contributed by atoms with Gasteiger partial charge in [-0.2, -0.15) is 0 Å². The van der Waals surface area contributed by atoms with Gasteiger partial charge in [0, 0.05) is 0 Å². The highest BCUT2D eigenvalue weighted by Gasteiger charge is 2.35. The van der Waals surface area contributed by atoms with Crippen molar-refractivity contribution in [3.8, 4) is 0 Å². The molecule has 0 aromatic carbocycles. The Kier molecular flexibility index (Phi) is 6.09. The maximum atomic E-state index is 12.0. The molecule has 1 saturated carbocycles. The summed E-state index contributed by atoms with van der Waals surface area (Å²) in [5.74, 6) is 2.00. The maximum absolute atomic E-state index is 12.0. The molecule has 4 heteroatoms. The van der Waals surface area contributed by atoms with E-state index in [1.54, 1.807) is 13.8 Å². The van der Waals surface area contributed by atoms with Crippen molar-refractivity contribution in [1.29, 1.82) is 0 Å². The molecular formula is C16H33NO2S. The van der Waals surface area contributed by atoms with Crippen LogP contribution < -0.4 is 5.73 Å². The summed E-state index contributed by atoms with van der Waals surface area (Å²) in [6, 6.07) is 0. The highest BCUT2D eigenvalue weighted by Crippen LogP contribution is 2.43. The lowest BCUT2D eigenvalue weighted by atomic mass is 9.65. The number of hydrogen-bond acceptors (Lipinski definition) is 3. The molecule has 0 radical (unpaired) electrons. The molecule has 0 amide bonds. The lowest BCUT2D eigenvalue weighted by molar-refractivity contribution is 0.0994. The Morgan fingerprint density at radius 2 is 1.75 bits per heavy atom. The van der Waals surface area contributed by atoms with Crippen LogP contribution in [0.4, 0.5) is 0 Å². The van der Waals surface area contributed by atoms with E-state index in [0.29, 0.717) is 35.5 Å². The topological polar surface area (TPSA) is 60.2 Å². The molecule has 3 nitrogen and oxygen atoms in total. The van der Waals surface area contributed by atoms with Crippen LogP contribution in [-0.2, 0) is 9.84 Å². The van der Waals surface area contributed by atoms with Crippen LogP contribution in [0.2, 0.25) is 0 Å². The van der Waals surface area contributed by atoms with E-state index in [-0.39, 0.29) is 5.25 Å². The second kappa shape index (κ2) is 6.78. The third-order valence-corrected chi connectivity index (χ3v) is 7.40. The van der Waals surface area contributed by atoms with Crippen molar-refractivity contribution >= 4 is 9.84 Å². The second-order valence-electron chi connectivity index (χ2n) is 7.84. The molecule has 1 fully saturated rings. The molecule has 3 unspecified atom stereocenters. The minimum Gasteiger partial charge on any atom is -0.330 e. The summed E-state index contributed by atoms with van der Waals surface area (Å²) in [6.45, 7) is 11.1. The van der Waals surface area contributed by atoms with Crippen molar-refractivity contribution in [2.45, 2.75) is 65.6 Å². The number of sulfone groups is 1. The van der Waals surface area contributed by atoms with Crippen LogP contribution in [0.5, 0.6) is 0 Å². The Balaban J connectivity index is 2.69. The second-order valence-corrected chi connectivity index (χ2v) is 10.5. The fourth-order valence-electron chi connectivity index (χ4n) is 3.33.